The number of carbonyl (C=O) groups is 2. The molecule has 2 unspecified atom stereocenters. The van der Waals surface area contributed by atoms with E-state index in [4.69, 9.17) is 28.3 Å². The van der Waals surface area contributed by atoms with Crippen LogP contribution in [0, 0.1) is 5.41 Å². The van der Waals surface area contributed by atoms with Crippen LogP contribution in [0.25, 0.3) is 0 Å². The molecule has 11 heteroatoms. The summed E-state index contributed by atoms with van der Waals surface area (Å²) in [6.45, 7) is 2.80. The number of aliphatic hydroxyl groups is 1. The van der Waals surface area contributed by atoms with Crippen molar-refractivity contribution >= 4 is 52.2 Å². The van der Waals surface area contributed by atoms with Gasteiger partial charge in [-0.1, -0.05) is 23.9 Å². The second-order valence-electron chi connectivity index (χ2n) is 8.23. The number of likely N-dealkylation sites (tertiary alicyclic amines) is 2. The van der Waals surface area contributed by atoms with Gasteiger partial charge in [-0.3, -0.25) is 15.2 Å². The normalized spacial score (nSPS) is 29.6. The Kier molecular flexibility index (Phi) is 7.05. The van der Waals surface area contributed by atoms with E-state index >= 15 is 0 Å². The summed E-state index contributed by atoms with van der Waals surface area (Å²) in [6, 6.07) is -0.335. The summed E-state index contributed by atoms with van der Waals surface area (Å²) in [7, 11) is 0. The minimum absolute atomic E-state index is 0.105. The summed E-state index contributed by atoms with van der Waals surface area (Å²) in [5.74, 6) is 0. The number of alkyl halides is 2. The number of urea groups is 2. The molecule has 0 aromatic carbocycles. The molecule has 0 bridgehead atoms. The average Bonchev–Trinajstić information content (AvgIpc) is 3.44. The smallest absolute Gasteiger partial charge is 0.327 e. The van der Waals surface area contributed by atoms with Crippen LogP contribution >= 0.6 is 35.0 Å². The van der Waals surface area contributed by atoms with Crippen LogP contribution in [0.3, 0.4) is 0 Å². The molecule has 4 amide bonds. The number of hydrogen-bond donors (Lipinski definition) is 3. The Bertz CT molecular complexity index is 836. The van der Waals surface area contributed by atoms with Gasteiger partial charge in [0.2, 0.25) is 0 Å². The molecule has 3 atom stereocenters. The van der Waals surface area contributed by atoms with E-state index in [-0.39, 0.29) is 34.2 Å². The summed E-state index contributed by atoms with van der Waals surface area (Å²) in [6.07, 6.45) is 6.91. The highest BCUT2D eigenvalue weighted by atomic mass is 35.5. The summed E-state index contributed by atoms with van der Waals surface area (Å²) in [5.41, 5.74) is 1.62. The maximum Gasteiger partial charge on any atom is 0.327 e. The Labute approximate surface area is 196 Å². The maximum absolute atomic E-state index is 13.1. The molecule has 3 N–H and O–H groups in total. The van der Waals surface area contributed by atoms with E-state index in [1.807, 2.05) is 17.1 Å². The van der Waals surface area contributed by atoms with Gasteiger partial charge >= 0.3 is 12.1 Å². The van der Waals surface area contributed by atoms with Gasteiger partial charge in [-0.25, -0.2) is 9.59 Å². The molecule has 4 rings (SSSR count). The molecule has 0 saturated carbocycles. The van der Waals surface area contributed by atoms with Crippen LogP contribution in [0.5, 0.6) is 0 Å². The molecule has 3 aliphatic heterocycles. The third kappa shape index (κ3) is 4.84. The van der Waals surface area contributed by atoms with Gasteiger partial charge in [0.15, 0.2) is 5.17 Å². The molecule has 31 heavy (non-hydrogen) atoms. The predicted octanol–water partition coefficient (Wildman–Crippen LogP) is 2.67. The topological polar surface area (TPSA) is 97.3 Å². The standard InChI is InChI=1S/C20H27Cl2N5O3S/c21-13-3-4-15-14(9-13)20(5-7-26(11-20)18(29)23-6-1-2-8-28)12-27(15)19(30)25-17-24-10-16(22)31-17/h4,9,13,16,28H,1-3,5-8,10-12H2,(H,23,29)(H,24,25,30)/t13-,16?,20?/m1/s1. The van der Waals surface area contributed by atoms with Gasteiger partial charge in [0, 0.05) is 43.9 Å². The fraction of sp³-hybridized carbons (Fsp3) is 0.650. The molecule has 8 nitrogen and oxygen atoms in total. The molecule has 0 aromatic heterocycles. The first-order valence-electron chi connectivity index (χ1n) is 10.6. The van der Waals surface area contributed by atoms with Crippen LogP contribution in [-0.4, -0.2) is 81.6 Å². The van der Waals surface area contributed by atoms with Crippen molar-refractivity contribution in [2.45, 2.75) is 35.8 Å². The van der Waals surface area contributed by atoms with Gasteiger partial charge < -0.3 is 15.3 Å². The van der Waals surface area contributed by atoms with Gasteiger partial charge in [0.1, 0.15) is 4.71 Å². The van der Waals surface area contributed by atoms with E-state index in [9.17, 15) is 9.59 Å². The number of allylic oxidation sites excluding steroid dienone is 3. The monoisotopic (exact) mass is 487 g/mol. The van der Waals surface area contributed by atoms with Crippen molar-refractivity contribution in [3.8, 4) is 0 Å². The molecule has 1 spiro atoms. The van der Waals surface area contributed by atoms with Crippen LogP contribution < -0.4 is 10.6 Å². The van der Waals surface area contributed by atoms with Gasteiger partial charge in [-0.2, -0.15) is 0 Å². The molecule has 4 aliphatic rings. The third-order valence-electron chi connectivity index (χ3n) is 6.06. The van der Waals surface area contributed by atoms with Crippen molar-refractivity contribution < 1.29 is 14.7 Å². The zero-order chi connectivity index (χ0) is 22.0. The van der Waals surface area contributed by atoms with E-state index in [1.165, 1.54) is 11.8 Å². The minimum Gasteiger partial charge on any atom is -0.396 e. The largest absolute Gasteiger partial charge is 0.396 e. The molecular formula is C20H27Cl2N5O3S. The number of halogens is 2. The SMILES string of the molecule is O=C(NCCCCO)N1CCC2(C1)CN(C(=O)NC1=NCC(Cl)S1)C1=CC[C@@H](Cl)C=C12. The van der Waals surface area contributed by atoms with Crippen LogP contribution in [0.2, 0.25) is 0 Å². The Morgan fingerprint density at radius 1 is 1.29 bits per heavy atom. The molecule has 1 aliphatic carbocycles. The van der Waals surface area contributed by atoms with Crippen molar-refractivity contribution in [2.75, 3.05) is 39.3 Å². The summed E-state index contributed by atoms with van der Waals surface area (Å²) in [4.78, 5) is 33.5. The molecular weight excluding hydrogens is 461 g/mol. The third-order valence-corrected chi connectivity index (χ3v) is 7.63. The average molecular weight is 488 g/mol. The highest BCUT2D eigenvalue weighted by Gasteiger charge is 2.52. The fourth-order valence-corrected chi connectivity index (χ4v) is 5.77. The number of aliphatic imine (C=N–C) groups is 1. The number of rotatable bonds is 4. The summed E-state index contributed by atoms with van der Waals surface area (Å²) in [5, 5.41) is 15.1. The van der Waals surface area contributed by atoms with E-state index in [2.05, 4.69) is 15.6 Å². The van der Waals surface area contributed by atoms with Crippen LogP contribution in [-0.2, 0) is 0 Å². The lowest BCUT2D eigenvalue weighted by molar-refractivity contribution is 0.199. The number of nitrogens with one attached hydrogen (secondary N) is 2. The van der Waals surface area contributed by atoms with Gasteiger partial charge in [0.25, 0.3) is 0 Å². The molecule has 0 radical (unpaired) electrons. The number of carbonyl (C=O) groups excluding carboxylic acids is 2. The van der Waals surface area contributed by atoms with E-state index in [0.717, 1.165) is 24.1 Å². The second kappa shape index (κ2) is 9.60. The van der Waals surface area contributed by atoms with Crippen LogP contribution in [0.1, 0.15) is 25.7 Å². The number of unbranched alkanes of at least 4 members (excludes halogenated alkanes) is 1. The Morgan fingerprint density at radius 2 is 2.13 bits per heavy atom. The van der Waals surface area contributed by atoms with Crippen LogP contribution in [0.4, 0.5) is 9.59 Å². The maximum atomic E-state index is 13.1. The first-order chi connectivity index (χ1) is 14.9. The van der Waals surface area contributed by atoms with E-state index in [0.29, 0.717) is 50.7 Å². The van der Waals surface area contributed by atoms with Gasteiger partial charge in [-0.05, 0) is 31.3 Å². The number of nitrogens with zero attached hydrogens (tertiary/aromatic N) is 3. The Balaban J connectivity index is 1.46. The van der Waals surface area contributed by atoms with Crippen molar-refractivity contribution in [3.05, 3.63) is 23.4 Å². The fourth-order valence-electron chi connectivity index (χ4n) is 4.54. The van der Waals surface area contributed by atoms with Crippen molar-refractivity contribution in [2.24, 2.45) is 10.4 Å². The molecule has 0 aromatic rings. The lowest BCUT2D eigenvalue weighted by Crippen LogP contribution is -2.43. The van der Waals surface area contributed by atoms with Crippen molar-refractivity contribution in [1.29, 1.82) is 0 Å². The zero-order valence-electron chi connectivity index (χ0n) is 17.1. The van der Waals surface area contributed by atoms with E-state index < -0.39 is 0 Å². The van der Waals surface area contributed by atoms with Crippen LogP contribution in [0.15, 0.2) is 28.4 Å². The minimum atomic E-state index is -0.321. The predicted molar refractivity (Wildman–Crippen MR) is 124 cm³/mol. The van der Waals surface area contributed by atoms with Crippen molar-refractivity contribution in [3.63, 3.8) is 0 Å². The summed E-state index contributed by atoms with van der Waals surface area (Å²) < 4.78 is -0.152. The number of amides is 4. The Morgan fingerprint density at radius 3 is 2.87 bits per heavy atom. The Hall–Kier alpha value is -1.42. The number of thioether (sulfide) groups is 1. The van der Waals surface area contributed by atoms with Crippen molar-refractivity contribution in [1.82, 2.24) is 20.4 Å². The molecule has 2 fully saturated rings. The number of amidine groups is 1. The molecule has 170 valence electrons. The lowest BCUT2D eigenvalue weighted by Gasteiger charge is -2.26. The lowest BCUT2D eigenvalue weighted by atomic mass is 9.79. The number of aliphatic hydroxyl groups excluding tert-OH is 1. The highest BCUT2D eigenvalue weighted by molar-refractivity contribution is 8.15. The number of fused-ring (bicyclic) bond motifs is 2. The molecule has 3 heterocycles. The molecule has 2 saturated heterocycles. The zero-order valence-corrected chi connectivity index (χ0v) is 19.5. The summed E-state index contributed by atoms with van der Waals surface area (Å²) >= 11 is 13.8. The second-order valence-corrected chi connectivity index (χ2v) is 10.8. The quantitative estimate of drug-likeness (QED) is 0.419. The first-order valence-corrected chi connectivity index (χ1v) is 12.3. The van der Waals surface area contributed by atoms with Gasteiger partial charge in [-0.15, -0.1) is 23.2 Å². The van der Waals surface area contributed by atoms with Gasteiger partial charge in [0.05, 0.1) is 11.9 Å². The highest BCUT2D eigenvalue weighted by Crippen LogP contribution is 2.50. The number of hydrogen-bond acceptors (Lipinski definition) is 5. The van der Waals surface area contributed by atoms with E-state index in [1.54, 1.807) is 4.90 Å². The first kappa shape index (κ1) is 22.8.